The van der Waals surface area contributed by atoms with Crippen LogP contribution in [-0.4, -0.2) is 0 Å². The van der Waals surface area contributed by atoms with Crippen LogP contribution in [0.3, 0.4) is 0 Å². The van der Waals surface area contributed by atoms with Gasteiger partial charge in [-0.15, -0.1) is 0 Å². The minimum absolute atomic E-state index is 0.571. The topological polar surface area (TPSA) is 3.88 Å². The molecule has 1 nitrogen and oxygen atoms in total. The van der Waals surface area contributed by atoms with E-state index in [-0.39, 0.29) is 0 Å². The van der Waals surface area contributed by atoms with Gasteiger partial charge in [-0.25, -0.2) is 0 Å². The number of pyridine rings is 1. The highest BCUT2D eigenvalue weighted by Gasteiger charge is 2.10. The summed E-state index contributed by atoms with van der Waals surface area (Å²) >= 11 is 0. The molecule has 0 N–H and O–H groups in total. The minimum atomic E-state index is 0.571. The smallest absolute Gasteiger partial charge is 0.194 e. The molecule has 3 aromatic rings. The van der Waals surface area contributed by atoms with E-state index in [1.807, 2.05) is 0 Å². The van der Waals surface area contributed by atoms with Crippen LogP contribution in [0.2, 0.25) is 0 Å². The second kappa shape index (κ2) is 5.46. The highest BCUT2D eigenvalue weighted by molar-refractivity contribution is 5.76. The van der Waals surface area contributed by atoms with Crippen molar-refractivity contribution in [1.82, 2.24) is 0 Å². The minimum Gasteiger partial charge on any atom is -0.194 e. The van der Waals surface area contributed by atoms with E-state index < -0.39 is 0 Å². The van der Waals surface area contributed by atoms with Crippen LogP contribution >= 0.6 is 0 Å². The van der Waals surface area contributed by atoms with Gasteiger partial charge in [0.05, 0.1) is 0 Å². The number of rotatable bonds is 3. The number of fused-ring (bicyclic) bond motifs is 1. The maximum atomic E-state index is 2.31. The van der Waals surface area contributed by atoms with Crippen molar-refractivity contribution in [2.24, 2.45) is 0 Å². The lowest BCUT2D eigenvalue weighted by Crippen LogP contribution is -2.34. The molecule has 0 saturated heterocycles. The highest BCUT2D eigenvalue weighted by Crippen LogP contribution is 2.19. The first-order chi connectivity index (χ1) is 9.74. The van der Waals surface area contributed by atoms with Crippen LogP contribution < -0.4 is 4.57 Å². The molecule has 100 valence electrons. The van der Waals surface area contributed by atoms with Gasteiger partial charge < -0.3 is 0 Å². The Bertz CT molecular complexity index is 714. The first-order valence-corrected chi connectivity index (χ1v) is 7.20. The number of hydrogen-bond acceptors (Lipinski definition) is 0. The predicted molar refractivity (Wildman–Crippen MR) is 83.8 cm³/mol. The van der Waals surface area contributed by atoms with E-state index in [9.17, 15) is 0 Å². The van der Waals surface area contributed by atoms with Crippen LogP contribution in [-0.2, 0) is 6.54 Å². The zero-order chi connectivity index (χ0) is 13.9. The van der Waals surface area contributed by atoms with Crippen LogP contribution in [0.5, 0.6) is 0 Å². The zero-order valence-electron chi connectivity index (χ0n) is 12.1. The monoisotopic (exact) mass is 262 g/mol. The van der Waals surface area contributed by atoms with E-state index in [2.05, 4.69) is 85.3 Å². The second-order valence-electron chi connectivity index (χ2n) is 5.59. The van der Waals surface area contributed by atoms with Gasteiger partial charge in [-0.05, 0) is 23.6 Å². The van der Waals surface area contributed by atoms with Crippen molar-refractivity contribution in [2.45, 2.75) is 26.3 Å². The molecule has 0 bridgehead atoms. The molecule has 0 unspecified atom stereocenters. The third-order valence-corrected chi connectivity index (χ3v) is 3.77. The summed E-state index contributed by atoms with van der Waals surface area (Å²) in [7, 11) is 0. The van der Waals surface area contributed by atoms with E-state index in [4.69, 9.17) is 0 Å². The van der Waals surface area contributed by atoms with Crippen molar-refractivity contribution in [1.29, 1.82) is 0 Å². The van der Waals surface area contributed by atoms with Crippen molar-refractivity contribution in [3.8, 4) is 0 Å². The van der Waals surface area contributed by atoms with E-state index in [1.165, 1.54) is 22.0 Å². The van der Waals surface area contributed by atoms with Crippen molar-refractivity contribution in [2.75, 3.05) is 0 Å². The Hall–Kier alpha value is -2.15. The zero-order valence-corrected chi connectivity index (χ0v) is 12.1. The summed E-state index contributed by atoms with van der Waals surface area (Å²) in [6.45, 7) is 5.39. The van der Waals surface area contributed by atoms with Crippen LogP contribution in [0.15, 0.2) is 66.9 Å². The Morgan fingerprint density at radius 1 is 0.900 bits per heavy atom. The molecule has 0 atom stereocenters. The Balaban J connectivity index is 2.04. The van der Waals surface area contributed by atoms with E-state index >= 15 is 0 Å². The molecule has 1 heteroatoms. The quantitative estimate of drug-likeness (QED) is 0.620. The first-order valence-electron chi connectivity index (χ1n) is 7.20. The number of hydrogen-bond donors (Lipinski definition) is 0. The fourth-order valence-corrected chi connectivity index (χ4v) is 2.58. The molecule has 1 heterocycles. The molecule has 1 aromatic heterocycles. The lowest BCUT2D eigenvalue weighted by molar-refractivity contribution is -0.662. The molecule has 0 aliphatic rings. The average Bonchev–Trinajstić information content (AvgIpc) is 2.48. The molecule has 2 aromatic carbocycles. The molecule has 0 saturated carbocycles. The summed E-state index contributed by atoms with van der Waals surface area (Å²) in [6.07, 6.45) is 2.16. The summed E-state index contributed by atoms with van der Waals surface area (Å²) in [5.74, 6) is 0.571. The van der Waals surface area contributed by atoms with Gasteiger partial charge in [-0.3, -0.25) is 0 Å². The average molecular weight is 262 g/mol. The number of nitrogens with zero attached hydrogens (tertiary/aromatic N) is 1. The second-order valence-corrected chi connectivity index (χ2v) is 5.59. The molecular formula is C19H20N+. The summed E-state index contributed by atoms with van der Waals surface area (Å²) in [4.78, 5) is 0. The Kier molecular flexibility index (Phi) is 3.51. The van der Waals surface area contributed by atoms with Gasteiger partial charge in [0.2, 0.25) is 5.52 Å². The van der Waals surface area contributed by atoms with Crippen molar-refractivity contribution in [3.63, 3.8) is 0 Å². The molecule has 0 radical (unpaired) electrons. The van der Waals surface area contributed by atoms with E-state index in [0.29, 0.717) is 5.92 Å². The highest BCUT2D eigenvalue weighted by atomic mass is 14.9. The standard InChI is InChI=1S/C19H20N/c1-15(2)17-10-11-19-18(13-17)9-6-12-20(19)14-16-7-4-3-5-8-16/h3-13,15H,14H2,1-2H3/q+1. The summed E-state index contributed by atoms with van der Waals surface area (Å²) < 4.78 is 2.31. The lowest BCUT2D eigenvalue weighted by Gasteiger charge is -2.07. The van der Waals surface area contributed by atoms with Gasteiger partial charge in [0.15, 0.2) is 12.7 Å². The molecule has 0 aliphatic carbocycles. The van der Waals surface area contributed by atoms with Gasteiger partial charge in [0.25, 0.3) is 0 Å². The number of aromatic nitrogens is 1. The van der Waals surface area contributed by atoms with Gasteiger partial charge in [-0.1, -0.05) is 50.2 Å². The number of benzene rings is 2. The molecule has 0 aliphatic heterocycles. The van der Waals surface area contributed by atoms with E-state index in [1.54, 1.807) is 0 Å². The third kappa shape index (κ3) is 2.57. The van der Waals surface area contributed by atoms with Crippen LogP contribution in [0.1, 0.15) is 30.9 Å². The van der Waals surface area contributed by atoms with Crippen LogP contribution in [0, 0.1) is 0 Å². The van der Waals surface area contributed by atoms with Crippen LogP contribution in [0.25, 0.3) is 10.9 Å². The molecule has 20 heavy (non-hydrogen) atoms. The van der Waals surface area contributed by atoms with Crippen molar-refractivity contribution < 1.29 is 4.57 Å². The molecular weight excluding hydrogens is 242 g/mol. The van der Waals surface area contributed by atoms with Gasteiger partial charge in [0, 0.05) is 23.1 Å². The predicted octanol–water partition coefficient (Wildman–Crippen LogP) is 4.30. The maximum Gasteiger partial charge on any atom is 0.212 e. The van der Waals surface area contributed by atoms with Gasteiger partial charge in [0.1, 0.15) is 0 Å². The largest absolute Gasteiger partial charge is 0.212 e. The summed E-state index contributed by atoms with van der Waals surface area (Å²) in [5.41, 5.74) is 4.02. The Morgan fingerprint density at radius 3 is 2.45 bits per heavy atom. The molecule has 3 rings (SSSR count). The van der Waals surface area contributed by atoms with Crippen LogP contribution in [0.4, 0.5) is 0 Å². The molecule has 0 fully saturated rings. The molecule has 0 spiro atoms. The fraction of sp³-hybridized carbons (Fsp3) is 0.211. The Labute approximate surface area is 120 Å². The Morgan fingerprint density at radius 2 is 1.70 bits per heavy atom. The first kappa shape index (κ1) is 12.9. The fourth-order valence-electron chi connectivity index (χ4n) is 2.58. The summed E-state index contributed by atoms with van der Waals surface area (Å²) in [6, 6.07) is 21.7. The lowest BCUT2D eigenvalue weighted by atomic mass is 10.0. The SMILES string of the molecule is CC(C)c1ccc2c(ccc[n+]2Cc2ccccc2)c1. The van der Waals surface area contributed by atoms with E-state index in [0.717, 1.165) is 6.54 Å². The van der Waals surface area contributed by atoms with Crippen molar-refractivity contribution in [3.05, 3.63) is 78.0 Å². The maximum absolute atomic E-state index is 2.31. The van der Waals surface area contributed by atoms with Gasteiger partial charge in [-0.2, -0.15) is 4.57 Å². The van der Waals surface area contributed by atoms with Crippen molar-refractivity contribution >= 4 is 10.9 Å². The normalized spacial score (nSPS) is 11.2. The summed E-state index contributed by atoms with van der Waals surface area (Å²) in [5, 5.41) is 1.31. The van der Waals surface area contributed by atoms with Gasteiger partial charge >= 0.3 is 0 Å². The third-order valence-electron chi connectivity index (χ3n) is 3.77. The molecule has 0 amide bonds.